The molecule has 0 spiro atoms. The highest BCUT2D eigenvalue weighted by Gasteiger charge is 2.16. The van der Waals surface area contributed by atoms with E-state index in [9.17, 15) is 9.59 Å². The third-order valence-electron chi connectivity index (χ3n) is 4.72. The summed E-state index contributed by atoms with van der Waals surface area (Å²) in [4.78, 5) is 30.2. The molecule has 3 rings (SSSR count). The molecule has 5 N–H and O–H groups in total. The Morgan fingerprint density at radius 3 is 2.55 bits per heavy atom. The van der Waals surface area contributed by atoms with Gasteiger partial charge in [-0.05, 0) is 57.1 Å². The topological polar surface area (TPSA) is 148 Å². The fraction of sp³-hybridized carbons (Fsp3) is 0.381. The molecule has 0 bridgehead atoms. The van der Waals surface area contributed by atoms with Gasteiger partial charge in [0.1, 0.15) is 17.2 Å². The van der Waals surface area contributed by atoms with Gasteiger partial charge in [0.15, 0.2) is 11.6 Å². The van der Waals surface area contributed by atoms with Gasteiger partial charge in [-0.25, -0.2) is 4.98 Å². The van der Waals surface area contributed by atoms with Gasteiger partial charge in [-0.1, -0.05) is 18.6 Å². The number of hydrogen-bond acceptors (Lipinski definition) is 9. The molecule has 1 aliphatic heterocycles. The zero-order chi connectivity index (χ0) is 22.2. The van der Waals surface area contributed by atoms with E-state index in [1.165, 1.54) is 6.42 Å². The number of ether oxygens (including phenoxy) is 1. The van der Waals surface area contributed by atoms with Crippen LogP contribution in [0.4, 0.5) is 23.0 Å². The molecular weight excluding hydrogens is 398 g/mol. The molecule has 0 unspecified atom stereocenters. The number of carbonyl (C=O) groups excluding carboxylic acids is 2. The number of pyridine rings is 1. The van der Waals surface area contributed by atoms with Crippen molar-refractivity contribution in [2.24, 2.45) is 16.0 Å². The van der Waals surface area contributed by atoms with Gasteiger partial charge in [0.25, 0.3) is 0 Å². The minimum Gasteiger partial charge on any atom is -0.423 e. The van der Waals surface area contributed by atoms with E-state index in [4.69, 9.17) is 16.2 Å². The van der Waals surface area contributed by atoms with Crippen molar-refractivity contribution in [2.75, 3.05) is 30.7 Å². The van der Waals surface area contributed by atoms with Crippen LogP contribution in [0.2, 0.25) is 0 Å². The number of amides is 1. The lowest BCUT2D eigenvalue weighted by Crippen LogP contribution is -2.36. The Balaban J connectivity index is 1.67. The lowest BCUT2D eigenvalue weighted by atomic mass is 10.1. The molecule has 0 aliphatic carbocycles. The maximum atomic E-state index is 12.3. The highest BCUT2D eigenvalue weighted by molar-refractivity contribution is 5.93. The number of carbonyl (C=O) groups is 2. The van der Waals surface area contributed by atoms with E-state index in [0.29, 0.717) is 17.1 Å². The summed E-state index contributed by atoms with van der Waals surface area (Å²) in [6.45, 7) is 3.63. The molecule has 10 heteroatoms. The lowest BCUT2D eigenvalue weighted by Gasteiger charge is -2.25. The number of piperidine rings is 1. The predicted molar refractivity (Wildman–Crippen MR) is 117 cm³/mol. The van der Waals surface area contributed by atoms with E-state index in [1.54, 1.807) is 43.3 Å². The van der Waals surface area contributed by atoms with E-state index in [-0.39, 0.29) is 30.1 Å². The first-order valence-electron chi connectivity index (χ1n) is 10.2. The first-order valence-corrected chi connectivity index (χ1v) is 10.2. The Bertz CT molecular complexity index is 956. The molecule has 1 amide bonds. The van der Waals surface area contributed by atoms with Crippen LogP contribution in [0.5, 0.6) is 5.75 Å². The fourth-order valence-electron chi connectivity index (χ4n) is 3.05. The van der Waals surface area contributed by atoms with Crippen molar-refractivity contribution in [1.82, 2.24) is 9.88 Å². The molecule has 31 heavy (non-hydrogen) atoms. The van der Waals surface area contributed by atoms with E-state index < -0.39 is 6.04 Å². The summed E-state index contributed by atoms with van der Waals surface area (Å²) >= 11 is 0. The monoisotopic (exact) mass is 425 g/mol. The molecule has 164 valence electrons. The largest absolute Gasteiger partial charge is 0.423 e. The molecule has 1 aromatic heterocycles. The Labute approximate surface area is 180 Å². The van der Waals surface area contributed by atoms with Crippen molar-refractivity contribution < 1.29 is 14.3 Å². The van der Waals surface area contributed by atoms with Gasteiger partial charge >= 0.3 is 5.97 Å². The minimum atomic E-state index is -0.670. The Kier molecular flexibility index (Phi) is 7.63. The van der Waals surface area contributed by atoms with Gasteiger partial charge in [0.2, 0.25) is 5.91 Å². The predicted octanol–water partition coefficient (Wildman–Crippen LogP) is 2.76. The summed E-state index contributed by atoms with van der Waals surface area (Å²) in [6, 6.07) is 9.34. The number of azo groups is 1. The van der Waals surface area contributed by atoms with Crippen molar-refractivity contribution in [3.05, 3.63) is 36.4 Å². The normalized spacial score (nSPS) is 15.5. The minimum absolute atomic E-state index is 0.0887. The van der Waals surface area contributed by atoms with Crippen molar-refractivity contribution >= 4 is 34.9 Å². The van der Waals surface area contributed by atoms with E-state index >= 15 is 0 Å². The van der Waals surface area contributed by atoms with Crippen LogP contribution >= 0.6 is 0 Å². The smallest absolute Gasteiger partial charge is 0.325 e. The van der Waals surface area contributed by atoms with Crippen molar-refractivity contribution in [3.8, 4) is 5.75 Å². The number of nitrogens with two attached hydrogens (primary N) is 2. The third-order valence-corrected chi connectivity index (χ3v) is 4.72. The number of hydrogen-bond donors (Lipinski definition) is 3. The first-order chi connectivity index (χ1) is 14.9. The van der Waals surface area contributed by atoms with E-state index in [0.717, 1.165) is 25.9 Å². The molecule has 0 saturated carbocycles. The van der Waals surface area contributed by atoms with Gasteiger partial charge in [0, 0.05) is 0 Å². The maximum Gasteiger partial charge on any atom is 0.325 e. The number of nitrogens with one attached hydrogen (secondary N) is 1. The molecular formula is C21H27N7O3. The fourth-order valence-corrected chi connectivity index (χ4v) is 3.05. The van der Waals surface area contributed by atoms with Crippen LogP contribution in [0.1, 0.15) is 26.2 Å². The maximum absolute atomic E-state index is 12.3. The summed E-state index contributed by atoms with van der Waals surface area (Å²) in [5, 5.41) is 10.8. The number of nitrogens with zero attached hydrogens (tertiary/aromatic N) is 4. The number of aromatic nitrogens is 1. The molecule has 1 fully saturated rings. The van der Waals surface area contributed by atoms with Crippen LogP contribution in [0.15, 0.2) is 46.6 Å². The Morgan fingerprint density at radius 2 is 1.84 bits per heavy atom. The first kappa shape index (κ1) is 22.3. The standard InChI is InChI=1S/C21H27N7O3/c1-14(22)21(30)25-18-10-9-16(20(23)24-18)27-26-15-7-3-4-8-17(15)31-19(29)13-28-11-5-2-6-12-28/h3-4,7-10,14H,2,5-6,11-13,22H2,1H3,(H3,23,24,25,30)/b27-26+/t14-/m0/s1. The van der Waals surface area contributed by atoms with Gasteiger partial charge in [-0.2, -0.15) is 0 Å². The second kappa shape index (κ2) is 10.6. The average Bonchev–Trinajstić information content (AvgIpc) is 2.74. The van der Waals surface area contributed by atoms with Crippen LogP contribution in [-0.2, 0) is 9.59 Å². The zero-order valence-electron chi connectivity index (χ0n) is 17.5. The number of benzene rings is 1. The highest BCUT2D eigenvalue weighted by Crippen LogP contribution is 2.30. The summed E-state index contributed by atoms with van der Waals surface area (Å²) in [5.41, 5.74) is 12.1. The van der Waals surface area contributed by atoms with Crippen LogP contribution in [0, 0.1) is 0 Å². The van der Waals surface area contributed by atoms with Crippen LogP contribution in [0.25, 0.3) is 0 Å². The second-order valence-corrected chi connectivity index (χ2v) is 7.36. The molecule has 1 atom stereocenters. The van der Waals surface area contributed by atoms with E-state index in [2.05, 4.69) is 25.4 Å². The molecule has 2 aromatic rings. The molecule has 1 aromatic carbocycles. The van der Waals surface area contributed by atoms with Crippen molar-refractivity contribution in [3.63, 3.8) is 0 Å². The number of anilines is 2. The number of para-hydroxylation sites is 1. The summed E-state index contributed by atoms with van der Waals surface area (Å²) in [6.07, 6.45) is 3.40. The zero-order valence-corrected chi connectivity index (χ0v) is 17.5. The molecule has 0 radical (unpaired) electrons. The summed E-state index contributed by atoms with van der Waals surface area (Å²) in [5.74, 6) is -0.0290. The second-order valence-electron chi connectivity index (χ2n) is 7.36. The van der Waals surface area contributed by atoms with Gasteiger partial charge in [-0.15, -0.1) is 10.2 Å². The number of likely N-dealkylation sites (tertiary alicyclic amines) is 1. The summed E-state index contributed by atoms with van der Waals surface area (Å²) in [7, 11) is 0. The van der Waals surface area contributed by atoms with Crippen LogP contribution < -0.4 is 21.5 Å². The Morgan fingerprint density at radius 1 is 1.13 bits per heavy atom. The molecule has 10 nitrogen and oxygen atoms in total. The Hall–Kier alpha value is -3.37. The van der Waals surface area contributed by atoms with Gasteiger partial charge in [-0.3, -0.25) is 14.5 Å². The number of esters is 1. The molecule has 2 heterocycles. The van der Waals surface area contributed by atoms with Gasteiger partial charge < -0.3 is 21.5 Å². The van der Waals surface area contributed by atoms with Crippen molar-refractivity contribution in [2.45, 2.75) is 32.2 Å². The van der Waals surface area contributed by atoms with Gasteiger partial charge in [0.05, 0.1) is 12.6 Å². The highest BCUT2D eigenvalue weighted by atomic mass is 16.5. The molecule has 1 saturated heterocycles. The quantitative estimate of drug-likeness (QED) is 0.351. The van der Waals surface area contributed by atoms with Crippen LogP contribution in [-0.4, -0.2) is 47.4 Å². The third kappa shape index (κ3) is 6.56. The lowest BCUT2D eigenvalue weighted by molar-refractivity contribution is -0.135. The van der Waals surface area contributed by atoms with Crippen molar-refractivity contribution in [1.29, 1.82) is 0 Å². The number of nitrogen functional groups attached to an aromatic ring is 1. The van der Waals surface area contributed by atoms with E-state index in [1.807, 2.05) is 0 Å². The average molecular weight is 425 g/mol. The number of rotatable bonds is 7. The van der Waals surface area contributed by atoms with Crippen LogP contribution in [0.3, 0.4) is 0 Å². The SMILES string of the molecule is C[C@H](N)C(=O)Nc1ccc(/N=N/c2ccccc2OC(=O)CN2CCCCC2)c(N)n1. The summed E-state index contributed by atoms with van der Waals surface area (Å²) < 4.78 is 5.51. The molecule has 1 aliphatic rings.